The molecule has 1 aliphatic rings. The molecule has 5 heteroatoms. The molecular weight excluding hydrogens is 310 g/mol. The van der Waals surface area contributed by atoms with Crippen LogP contribution in [0.4, 0.5) is 5.69 Å². The summed E-state index contributed by atoms with van der Waals surface area (Å²) in [4.78, 5) is 22.3. The molecule has 1 aromatic heterocycles. The molecule has 1 heterocycles. The first-order valence-corrected chi connectivity index (χ1v) is 8.11. The van der Waals surface area contributed by atoms with E-state index in [4.69, 9.17) is 11.6 Å². The van der Waals surface area contributed by atoms with E-state index in [1.54, 1.807) is 4.90 Å². The monoisotopic (exact) mass is 325 g/mol. The van der Waals surface area contributed by atoms with Crippen molar-refractivity contribution in [2.45, 2.75) is 12.8 Å². The minimum atomic E-state index is -0.101. The molecule has 0 radical (unpaired) electrons. The van der Waals surface area contributed by atoms with E-state index in [2.05, 4.69) is 9.97 Å². The highest BCUT2D eigenvalue weighted by Gasteiger charge is 2.29. The second-order valence-electron chi connectivity index (χ2n) is 5.94. The first-order valence-electron chi connectivity index (χ1n) is 7.73. The summed E-state index contributed by atoms with van der Waals surface area (Å²) in [7, 11) is 0. The van der Waals surface area contributed by atoms with Gasteiger partial charge >= 0.3 is 0 Å². The average Bonchev–Trinajstić information content (AvgIpc) is 3.28. The van der Waals surface area contributed by atoms with Crippen LogP contribution in [0.3, 0.4) is 0 Å². The molecule has 4 rings (SSSR count). The number of amides is 1. The number of benzene rings is 2. The Kier molecular flexibility index (Phi) is 3.54. The van der Waals surface area contributed by atoms with Crippen LogP contribution in [0.25, 0.3) is 11.0 Å². The molecule has 1 N–H and O–H groups in total. The van der Waals surface area contributed by atoms with Crippen LogP contribution in [0.1, 0.15) is 23.5 Å². The molecule has 0 spiro atoms. The van der Waals surface area contributed by atoms with Crippen molar-refractivity contribution in [3.05, 3.63) is 59.4 Å². The van der Waals surface area contributed by atoms with Gasteiger partial charge in [0.15, 0.2) is 5.82 Å². The van der Waals surface area contributed by atoms with Crippen molar-refractivity contribution < 1.29 is 4.79 Å². The summed E-state index contributed by atoms with van der Waals surface area (Å²) in [6, 6.07) is 15.0. The number of para-hydroxylation sites is 2. The number of aromatic amines is 1. The molecule has 1 saturated carbocycles. The standard InChI is InChI=1S/C18H16ClN3O/c19-13-7-9-14(10-8-13)22(11-12-5-6-12)18(23)17-20-15-3-1-2-4-16(15)21-17/h1-4,7-10,12H,5-6,11H2,(H,20,21). The molecule has 1 aliphatic carbocycles. The van der Waals surface area contributed by atoms with Crippen LogP contribution in [-0.4, -0.2) is 22.4 Å². The van der Waals surface area contributed by atoms with Gasteiger partial charge in [0.25, 0.3) is 5.91 Å². The fourth-order valence-corrected chi connectivity index (χ4v) is 2.79. The van der Waals surface area contributed by atoms with Crippen molar-refractivity contribution in [3.63, 3.8) is 0 Å². The van der Waals surface area contributed by atoms with Gasteiger partial charge in [0.1, 0.15) is 0 Å². The third kappa shape index (κ3) is 2.94. The molecule has 0 atom stereocenters. The zero-order valence-electron chi connectivity index (χ0n) is 12.5. The smallest absolute Gasteiger partial charge is 0.294 e. The first kappa shape index (κ1) is 14.3. The van der Waals surface area contributed by atoms with E-state index in [0.29, 0.717) is 16.8 Å². The summed E-state index contributed by atoms with van der Waals surface area (Å²) in [5.41, 5.74) is 2.53. The summed E-state index contributed by atoms with van der Waals surface area (Å²) in [5, 5.41) is 0.663. The lowest BCUT2D eigenvalue weighted by Crippen LogP contribution is -2.33. The zero-order valence-corrected chi connectivity index (χ0v) is 13.3. The highest BCUT2D eigenvalue weighted by Crippen LogP contribution is 2.32. The average molecular weight is 326 g/mol. The number of fused-ring (bicyclic) bond motifs is 1. The molecule has 3 aromatic rings. The summed E-state index contributed by atoms with van der Waals surface area (Å²) >= 11 is 5.96. The van der Waals surface area contributed by atoms with E-state index in [1.807, 2.05) is 48.5 Å². The number of aromatic nitrogens is 2. The molecule has 4 nitrogen and oxygen atoms in total. The number of carbonyl (C=O) groups is 1. The van der Waals surface area contributed by atoms with E-state index < -0.39 is 0 Å². The van der Waals surface area contributed by atoms with Gasteiger partial charge in [-0.25, -0.2) is 4.98 Å². The number of halogens is 1. The normalized spacial score (nSPS) is 14.1. The van der Waals surface area contributed by atoms with Crippen LogP contribution in [0.2, 0.25) is 5.02 Å². The second-order valence-corrected chi connectivity index (χ2v) is 6.37. The lowest BCUT2D eigenvalue weighted by atomic mass is 10.2. The molecular formula is C18H16ClN3O. The van der Waals surface area contributed by atoms with Crippen LogP contribution in [0, 0.1) is 5.92 Å². The number of imidazole rings is 1. The Bertz CT molecular complexity index is 819. The van der Waals surface area contributed by atoms with E-state index in [-0.39, 0.29) is 5.91 Å². The van der Waals surface area contributed by atoms with Crippen molar-refractivity contribution >= 4 is 34.2 Å². The first-order chi connectivity index (χ1) is 11.2. The van der Waals surface area contributed by atoms with Crippen LogP contribution in [0.5, 0.6) is 0 Å². The maximum atomic E-state index is 13.0. The van der Waals surface area contributed by atoms with Crippen LogP contribution < -0.4 is 4.90 Å². The molecule has 0 bridgehead atoms. The van der Waals surface area contributed by atoms with Gasteiger partial charge in [-0.2, -0.15) is 0 Å². The highest BCUT2D eigenvalue weighted by atomic mass is 35.5. The van der Waals surface area contributed by atoms with E-state index in [0.717, 1.165) is 23.3 Å². The highest BCUT2D eigenvalue weighted by molar-refractivity contribution is 6.30. The van der Waals surface area contributed by atoms with Crippen LogP contribution in [0.15, 0.2) is 48.5 Å². The maximum Gasteiger partial charge on any atom is 0.294 e. The number of nitrogens with one attached hydrogen (secondary N) is 1. The van der Waals surface area contributed by atoms with Crippen molar-refractivity contribution in [2.24, 2.45) is 5.92 Å². The predicted octanol–water partition coefficient (Wildman–Crippen LogP) is 4.27. The maximum absolute atomic E-state index is 13.0. The van der Waals surface area contributed by atoms with Crippen molar-refractivity contribution in [3.8, 4) is 0 Å². The fourth-order valence-electron chi connectivity index (χ4n) is 2.67. The summed E-state index contributed by atoms with van der Waals surface area (Å²) in [6.45, 7) is 0.720. The summed E-state index contributed by atoms with van der Waals surface area (Å²) < 4.78 is 0. The lowest BCUT2D eigenvalue weighted by Gasteiger charge is -2.21. The minimum Gasteiger partial charge on any atom is -0.334 e. The number of hydrogen-bond donors (Lipinski definition) is 1. The van der Waals surface area contributed by atoms with Gasteiger partial charge < -0.3 is 9.88 Å². The Hall–Kier alpha value is -2.33. The number of rotatable bonds is 4. The number of nitrogens with zero attached hydrogens (tertiary/aromatic N) is 2. The van der Waals surface area contributed by atoms with Gasteiger partial charge in [-0.1, -0.05) is 23.7 Å². The van der Waals surface area contributed by atoms with Gasteiger partial charge in [-0.3, -0.25) is 4.79 Å². The Morgan fingerprint density at radius 3 is 2.61 bits per heavy atom. The van der Waals surface area contributed by atoms with E-state index in [9.17, 15) is 4.79 Å². The van der Waals surface area contributed by atoms with E-state index in [1.165, 1.54) is 12.8 Å². The van der Waals surface area contributed by atoms with Gasteiger partial charge in [0.05, 0.1) is 11.0 Å². The molecule has 0 aliphatic heterocycles. The van der Waals surface area contributed by atoms with Gasteiger partial charge in [0, 0.05) is 17.3 Å². The third-order valence-corrected chi connectivity index (χ3v) is 4.37. The molecule has 116 valence electrons. The Labute approximate surface area is 139 Å². The fraction of sp³-hybridized carbons (Fsp3) is 0.222. The van der Waals surface area contributed by atoms with Crippen molar-refractivity contribution in [1.82, 2.24) is 9.97 Å². The van der Waals surface area contributed by atoms with Crippen molar-refractivity contribution in [2.75, 3.05) is 11.4 Å². The molecule has 1 amide bonds. The zero-order chi connectivity index (χ0) is 15.8. The van der Waals surface area contributed by atoms with E-state index >= 15 is 0 Å². The number of anilines is 1. The van der Waals surface area contributed by atoms with Crippen molar-refractivity contribution in [1.29, 1.82) is 0 Å². The Morgan fingerprint density at radius 1 is 1.17 bits per heavy atom. The molecule has 2 aromatic carbocycles. The minimum absolute atomic E-state index is 0.101. The number of hydrogen-bond acceptors (Lipinski definition) is 2. The number of carbonyl (C=O) groups excluding carboxylic acids is 1. The number of H-pyrrole nitrogens is 1. The Morgan fingerprint density at radius 2 is 1.91 bits per heavy atom. The molecule has 1 fully saturated rings. The third-order valence-electron chi connectivity index (χ3n) is 4.11. The SMILES string of the molecule is O=C(c1nc2ccccc2[nH]1)N(CC1CC1)c1ccc(Cl)cc1. The van der Waals surface area contributed by atoms with Gasteiger partial charge in [-0.05, 0) is 55.2 Å². The largest absolute Gasteiger partial charge is 0.334 e. The molecule has 0 saturated heterocycles. The molecule has 0 unspecified atom stereocenters. The van der Waals surface area contributed by atoms with Crippen LogP contribution >= 0.6 is 11.6 Å². The lowest BCUT2D eigenvalue weighted by molar-refractivity contribution is 0.0977. The summed E-state index contributed by atoms with van der Waals surface area (Å²) in [5.74, 6) is 0.858. The summed E-state index contributed by atoms with van der Waals surface area (Å²) in [6.07, 6.45) is 2.36. The Balaban J connectivity index is 1.69. The molecule has 23 heavy (non-hydrogen) atoms. The van der Waals surface area contributed by atoms with Gasteiger partial charge in [-0.15, -0.1) is 0 Å². The quantitative estimate of drug-likeness (QED) is 0.778. The van der Waals surface area contributed by atoms with Gasteiger partial charge in [0.2, 0.25) is 0 Å². The second kappa shape index (κ2) is 5.70. The van der Waals surface area contributed by atoms with Crippen LogP contribution in [-0.2, 0) is 0 Å². The predicted molar refractivity (Wildman–Crippen MR) is 91.9 cm³/mol. The topological polar surface area (TPSA) is 49.0 Å².